The Hall–Kier alpha value is -1.22. The largest absolute Gasteiger partial charge is 0.478 e. The number of anilines is 1. The highest BCUT2D eigenvalue weighted by Gasteiger charge is 2.10. The molecular formula is C13H18ClNO2. The van der Waals surface area contributed by atoms with Crippen LogP contribution in [0.15, 0.2) is 18.2 Å². The van der Waals surface area contributed by atoms with Gasteiger partial charge in [0.2, 0.25) is 0 Å². The van der Waals surface area contributed by atoms with Crippen LogP contribution in [0.25, 0.3) is 0 Å². The first kappa shape index (κ1) is 13.8. The van der Waals surface area contributed by atoms with Crippen molar-refractivity contribution in [2.45, 2.75) is 39.2 Å². The third-order valence-corrected chi connectivity index (χ3v) is 3.02. The summed E-state index contributed by atoms with van der Waals surface area (Å²) in [5, 5.41) is 12.6. The van der Waals surface area contributed by atoms with E-state index in [0.29, 0.717) is 11.1 Å². The van der Waals surface area contributed by atoms with E-state index >= 15 is 0 Å². The molecule has 1 aromatic rings. The summed E-state index contributed by atoms with van der Waals surface area (Å²) in [6, 6.07) is 5.15. The maximum Gasteiger partial charge on any atom is 0.335 e. The van der Waals surface area contributed by atoms with Gasteiger partial charge >= 0.3 is 5.97 Å². The van der Waals surface area contributed by atoms with Gasteiger partial charge in [-0.2, -0.15) is 0 Å². The predicted octanol–water partition coefficient (Wildman–Crippen LogP) is 4.03. The topological polar surface area (TPSA) is 49.3 Å². The van der Waals surface area contributed by atoms with Gasteiger partial charge in [-0.25, -0.2) is 4.79 Å². The first-order valence-corrected chi connectivity index (χ1v) is 6.25. The number of rotatable bonds is 6. The van der Waals surface area contributed by atoms with E-state index in [4.69, 9.17) is 16.7 Å². The van der Waals surface area contributed by atoms with E-state index in [1.807, 2.05) is 0 Å². The summed E-state index contributed by atoms with van der Waals surface area (Å²) in [5.41, 5.74) is 1.01. The highest BCUT2D eigenvalue weighted by atomic mass is 35.5. The van der Waals surface area contributed by atoms with Crippen molar-refractivity contribution in [3.63, 3.8) is 0 Å². The van der Waals surface area contributed by atoms with Crippen LogP contribution in [0.5, 0.6) is 0 Å². The summed E-state index contributed by atoms with van der Waals surface area (Å²) >= 11 is 6.05. The number of benzene rings is 1. The molecule has 0 spiro atoms. The molecule has 0 amide bonds. The summed E-state index contributed by atoms with van der Waals surface area (Å²) < 4.78 is 0. The SMILES string of the molecule is CCCC(CC)Nc1ccc(C(=O)O)cc1Cl. The Balaban J connectivity index is 2.81. The summed E-state index contributed by atoms with van der Waals surface area (Å²) in [6.45, 7) is 4.26. The third-order valence-electron chi connectivity index (χ3n) is 2.71. The molecule has 1 rings (SSSR count). The van der Waals surface area contributed by atoms with Crippen LogP contribution >= 0.6 is 11.6 Å². The molecule has 2 N–H and O–H groups in total. The van der Waals surface area contributed by atoms with Crippen LogP contribution in [0, 0.1) is 0 Å². The molecule has 17 heavy (non-hydrogen) atoms. The molecule has 0 aliphatic carbocycles. The van der Waals surface area contributed by atoms with Crippen molar-refractivity contribution < 1.29 is 9.90 Å². The maximum atomic E-state index is 10.8. The van der Waals surface area contributed by atoms with Gasteiger partial charge in [-0.3, -0.25) is 0 Å². The van der Waals surface area contributed by atoms with Crippen LogP contribution in [-0.4, -0.2) is 17.1 Å². The molecule has 0 aromatic heterocycles. The van der Waals surface area contributed by atoms with Crippen LogP contribution in [-0.2, 0) is 0 Å². The van der Waals surface area contributed by atoms with Gasteiger partial charge in [0.25, 0.3) is 0 Å². The first-order chi connectivity index (χ1) is 8.08. The lowest BCUT2D eigenvalue weighted by molar-refractivity contribution is 0.0697. The Bertz CT molecular complexity index is 393. The van der Waals surface area contributed by atoms with Crippen molar-refractivity contribution in [2.75, 3.05) is 5.32 Å². The molecule has 1 atom stereocenters. The minimum absolute atomic E-state index is 0.212. The highest BCUT2D eigenvalue weighted by molar-refractivity contribution is 6.33. The zero-order valence-electron chi connectivity index (χ0n) is 10.2. The Morgan fingerprint density at radius 3 is 2.65 bits per heavy atom. The van der Waals surface area contributed by atoms with Crippen LogP contribution < -0.4 is 5.32 Å². The molecule has 0 bridgehead atoms. The van der Waals surface area contributed by atoms with Crippen molar-refractivity contribution in [3.05, 3.63) is 28.8 Å². The fourth-order valence-electron chi connectivity index (χ4n) is 1.71. The Morgan fingerprint density at radius 1 is 1.47 bits per heavy atom. The molecule has 1 aromatic carbocycles. The first-order valence-electron chi connectivity index (χ1n) is 5.87. The summed E-state index contributed by atoms with van der Waals surface area (Å²) in [7, 11) is 0. The van der Waals surface area contributed by atoms with E-state index in [-0.39, 0.29) is 5.56 Å². The van der Waals surface area contributed by atoms with E-state index < -0.39 is 5.97 Å². The van der Waals surface area contributed by atoms with E-state index in [1.165, 1.54) is 6.07 Å². The van der Waals surface area contributed by atoms with Gasteiger partial charge in [-0.15, -0.1) is 0 Å². The molecule has 0 saturated carbocycles. The highest BCUT2D eigenvalue weighted by Crippen LogP contribution is 2.25. The van der Waals surface area contributed by atoms with Gasteiger partial charge in [0.1, 0.15) is 0 Å². The van der Waals surface area contributed by atoms with Crippen LogP contribution in [0.2, 0.25) is 5.02 Å². The van der Waals surface area contributed by atoms with Gasteiger partial charge in [0.05, 0.1) is 16.3 Å². The molecule has 0 saturated heterocycles. The van der Waals surface area contributed by atoms with Crippen LogP contribution in [0.4, 0.5) is 5.69 Å². The second-order valence-electron chi connectivity index (χ2n) is 4.04. The minimum Gasteiger partial charge on any atom is -0.478 e. The second-order valence-corrected chi connectivity index (χ2v) is 4.45. The molecule has 0 heterocycles. The smallest absolute Gasteiger partial charge is 0.335 e. The molecule has 3 nitrogen and oxygen atoms in total. The van der Waals surface area contributed by atoms with E-state index in [0.717, 1.165) is 24.9 Å². The number of aromatic carboxylic acids is 1. The van der Waals surface area contributed by atoms with Gasteiger partial charge in [0.15, 0.2) is 0 Å². The average molecular weight is 256 g/mol. The summed E-state index contributed by atoms with van der Waals surface area (Å²) in [5.74, 6) is -0.959. The van der Waals surface area contributed by atoms with Crippen molar-refractivity contribution in [1.29, 1.82) is 0 Å². The molecule has 0 fully saturated rings. The Labute approximate surface area is 107 Å². The number of carboxylic acid groups (broad SMARTS) is 1. The Morgan fingerprint density at radius 2 is 2.18 bits per heavy atom. The molecular weight excluding hydrogens is 238 g/mol. The number of hydrogen-bond acceptors (Lipinski definition) is 2. The van der Waals surface area contributed by atoms with E-state index in [1.54, 1.807) is 12.1 Å². The predicted molar refractivity (Wildman–Crippen MR) is 71.0 cm³/mol. The van der Waals surface area contributed by atoms with E-state index in [9.17, 15) is 4.79 Å². The quantitative estimate of drug-likeness (QED) is 0.807. The number of carbonyl (C=O) groups is 1. The monoisotopic (exact) mass is 255 g/mol. The van der Waals surface area contributed by atoms with Crippen molar-refractivity contribution in [3.8, 4) is 0 Å². The van der Waals surface area contributed by atoms with Crippen LogP contribution in [0.3, 0.4) is 0 Å². The average Bonchev–Trinajstić information content (AvgIpc) is 2.30. The number of hydrogen-bond donors (Lipinski definition) is 2. The minimum atomic E-state index is -0.959. The molecule has 4 heteroatoms. The van der Waals surface area contributed by atoms with Gasteiger partial charge in [-0.1, -0.05) is 31.9 Å². The maximum absolute atomic E-state index is 10.8. The number of carboxylic acids is 1. The lowest BCUT2D eigenvalue weighted by atomic mass is 10.1. The zero-order chi connectivity index (χ0) is 12.8. The summed E-state index contributed by atoms with van der Waals surface area (Å²) in [4.78, 5) is 10.8. The van der Waals surface area contributed by atoms with Crippen LogP contribution in [0.1, 0.15) is 43.5 Å². The number of nitrogens with one attached hydrogen (secondary N) is 1. The van der Waals surface area contributed by atoms with Gasteiger partial charge in [0, 0.05) is 6.04 Å². The second kappa shape index (κ2) is 6.50. The third kappa shape index (κ3) is 3.93. The molecule has 0 radical (unpaired) electrons. The van der Waals surface area contributed by atoms with Gasteiger partial charge in [-0.05, 0) is 31.0 Å². The lowest BCUT2D eigenvalue weighted by Gasteiger charge is -2.18. The molecule has 0 aliphatic rings. The molecule has 1 unspecified atom stereocenters. The molecule has 0 aliphatic heterocycles. The van der Waals surface area contributed by atoms with Crippen molar-refractivity contribution in [1.82, 2.24) is 0 Å². The standard InChI is InChI=1S/C13H18ClNO2/c1-3-5-10(4-2)15-12-7-6-9(13(16)17)8-11(12)14/h6-8,10,15H,3-5H2,1-2H3,(H,16,17). The van der Waals surface area contributed by atoms with E-state index in [2.05, 4.69) is 19.2 Å². The lowest BCUT2D eigenvalue weighted by Crippen LogP contribution is -2.18. The zero-order valence-corrected chi connectivity index (χ0v) is 10.9. The normalized spacial score (nSPS) is 12.2. The fourth-order valence-corrected chi connectivity index (χ4v) is 1.95. The molecule has 94 valence electrons. The van der Waals surface area contributed by atoms with Crippen molar-refractivity contribution in [2.24, 2.45) is 0 Å². The summed E-state index contributed by atoms with van der Waals surface area (Å²) in [6.07, 6.45) is 3.20. The Kier molecular flexibility index (Phi) is 5.29. The van der Waals surface area contributed by atoms with Gasteiger partial charge < -0.3 is 10.4 Å². The van der Waals surface area contributed by atoms with Crippen molar-refractivity contribution >= 4 is 23.3 Å². The number of halogens is 1. The fraction of sp³-hybridized carbons (Fsp3) is 0.462.